The van der Waals surface area contributed by atoms with Crippen LogP contribution in [0.1, 0.15) is 13.3 Å². The zero-order valence-electron chi connectivity index (χ0n) is 5.59. The molecule has 0 bridgehead atoms. The summed E-state index contributed by atoms with van der Waals surface area (Å²) in [4.78, 5) is 0. The molecule has 1 atom stereocenters. The SMILES string of the molecule is CC1C=C2C=CCC2=C1. The summed E-state index contributed by atoms with van der Waals surface area (Å²) in [6.45, 7) is 2.23. The summed E-state index contributed by atoms with van der Waals surface area (Å²) in [5.74, 6) is 0.681. The first-order chi connectivity index (χ1) is 4.36. The summed E-state index contributed by atoms with van der Waals surface area (Å²) in [5, 5.41) is 0. The molecule has 0 saturated heterocycles. The molecule has 9 heavy (non-hydrogen) atoms. The molecule has 0 nitrogen and oxygen atoms in total. The van der Waals surface area contributed by atoms with Crippen molar-refractivity contribution in [3.63, 3.8) is 0 Å². The molecule has 0 aromatic rings. The van der Waals surface area contributed by atoms with Gasteiger partial charge in [0.15, 0.2) is 0 Å². The fourth-order valence-corrected chi connectivity index (χ4v) is 1.51. The molecule has 0 aliphatic heterocycles. The molecule has 0 heterocycles. The summed E-state index contributed by atoms with van der Waals surface area (Å²) < 4.78 is 0. The van der Waals surface area contributed by atoms with E-state index in [2.05, 4.69) is 31.2 Å². The van der Waals surface area contributed by atoms with Crippen LogP contribution < -0.4 is 0 Å². The molecule has 0 saturated carbocycles. The molecule has 2 aliphatic carbocycles. The van der Waals surface area contributed by atoms with E-state index in [1.807, 2.05) is 0 Å². The van der Waals surface area contributed by atoms with Crippen LogP contribution in [-0.2, 0) is 0 Å². The van der Waals surface area contributed by atoms with E-state index in [0.29, 0.717) is 5.92 Å². The average molecular weight is 118 g/mol. The molecule has 0 aromatic heterocycles. The van der Waals surface area contributed by atoms with Crippen LogP contribution in [-0.4, -0.2) is 0 Å². The Hall–Kier alpha value is -0.780. The van der Waals surface area contributed by atoms with E-state index in [1.54, 1.807) is 0 Å². The molecule has 0 amide bonds. The van der Waals surface area contributed by atoms with E-state index in [1.165, 1.54) is 11.1 Å². The molecular formula is C9H10. The molecule has 0 spiro atoms. The molecule has 0 heteroatoms. The third-order valence-corrected chi connectivity index (χ3v) is 1.91. The second kappa shape index (κ2) is 1.60. The van der Waals surface area contributed by atoms with Crippen molar-refractivity contribution < 1.29 is 0 Å². The first kappa shape index (κ1) is 5.04. The van der Waals surface area contributed by atoms with Crippen LogP contribution in [0.3, 0.4) is 0 Å². The molecule has 1 unspecified atom stereocenters. The highest BCUT2D eigenvalue weighted by atomic mass is 14.2. The average Bonchev–Trinajstić information content (AvgIpc) is 2.22. The smallest absolute Gasteiger partial charge is 0.00666 e. The van der Waals surface area contributed by atoms with Gasteiger partial charge in [-0.25, -0.2) is 0 Å². The highest BCUT2D eigenvalue weighted by molar-refractivity contribution is 5.51. The number of hydrogen-bond donors (Lipinski definition) is 0. The van der Waals surface area contributed by atoms with Gasteiger partial charge in [-0.15, -0.1) is 0 Å². The van der Waals surface area contributed by atoms with Gasteiger partial charge in [-0.05, 0) is 23.5 Å². The quantitative estimate of drug-likeness (QED) is 0.458. The fraction of sp³-hybridized carbons (Fsp3) is 0.333. The van der Waals surface area contributed by atoms with E-state index in [-0.39, 0.29) is 0 Å². The molecule has 2 rings (SSSR count). The van der Waals surface area contributed by atoms with Crippen LogP contribution in [0, 0.1) is 5.92 Å². The number of hydrogen-bond acceptors (Lipinski definition) is 0. The van der Waals surface area contributed by atoms with Crippen molar-refractivity contribution in [1.29, 1.82) is 0 Å². The Balaban J connectivity index is 2.42. The van der Waals surface area contributed by atoms with Crippen molar-refractivity contribution in [3.05, 3.63) is 35.5 Å². The Kier molecular flexibility index (Phi) is 0.895. The lowest BCUT2D eigenvalue weighted by Crippen LogP contribution is -1.74. The minimum Gasteiger partial charge on any atom is -0.0795 e. The molecule has 0 radical (unpaired) electrons. The van der Waals surface area contributed by atoms with Gasteiger partial charge < -0.3 is 0 Å². The van der Waals surface area contributed by atoms with Gasteiger partial charge in [0.1, 0.15) is 0 Å². The lowest BCUT2D eigenvalue weighted by molar-refractivity contribution is 0.950. The van der Waals surface area contributed by atoms with E-state index in [9.17, 15) is 0 Å². The maximum Gasteiger partial charge on any atom is -0.00666 e. The molecule has 0 aromatic carbocycles. The zero-order chi connectivity index (χ0) is 6.27. The van der Waals surface area contributed by atoms with Gasteiger partial charge in [-0.3, -0.25) is 0 Å². The Labute approximate surface area is 55.6 Å². The Morgan fingerprint density at radius 1 is 1.44 bits per heavy atom. The second-order valence-electron chi connectivity index (χ2n) is 2.78. The summed E-state index contributed by atoms with van der Waals surface area (Å²) in [6.07, 6.45) is 10.3. The molecule has 46 valence electrons. The largest absolute Gasteiger partial charge is 0.0795 e. The molecular weight excluding hydrogens is 108 g/mol. The third-order valence-electron chi connectivity index (χ3n) is 1.91. The van der Waals surface area contributed by atoms with Crippen LogP contribution in [0.4, 0.5) is 0 Å². The van der Waals surface area contributed by atoms with Gasteiger partial charge in [0.25, 0.3) is 0 Å². The Bertz CT molecular complexity index is 216. The van der Waals surface area contributed by atoms with Gasteiger partial charge in [0, 0.05) is 0 Å². The van der Waals surface area contributed by atoms with E-state index in [4.69, 9.17) is 0 Å². The first-order valence-corrected chi connectivity index (χ1v) is 3.46. The second-order valence-corrected chi connectivity index (χ2v) is 2.78. The summed E-state index contributed by atoms with van der Waals surface area (Å²) in [6, 6.07) is 0. The van der Waals surface area contributed by atoms with Gasteiger partial charge in [-0.2, -0.15) is 0 Å². The maximum atomic E-state index is 2.34. The first-order valence-electron chi connectivity index (χ1n) is 3.46. The molecule has 0 fully saturated rings. The Morgan fingerprint density at radius 2 is 2.33 bits per heavy atom. The van der Waals surface area contributed by atoms with Crippen molar-refractivity contribution in [2.24, 2.45) is 5.92 Å². The monoisotopic (exact) mass is 118 g/mol. The normalized spacial score (nSPS) is 30.1. The van der Waals surface area contributed by atoms with Crippen molar-refractivity contribution >= 4 is 0 Å². The maximum absolute atomic E-state index is 2.34. The third kappa shape index (κ3) is 0.663. The van der Waals surface area contributed by atoms with Crippen LogP contribution in [0.25, 0.3) is 0 Å². The lowest BCUT2D eigenvalue weighted by Gasteiger charge is -1.88. The van der Waals surface area contributed by atoms with E-state index >= 15 is 0 Å². The topological polar surface area (TPSA) is 0 Å². The fourth-order valence-electron chi connectivity index (χ4n) is 1.51. The highest BCUT2D eigenvalue weighted by Gasteiger charge is 2.14. The number of fused-ring (bicyclic) bond motifs is 1. The van der Waals surface area contributed by atoms with Crippen LogP contribution >= 0.6 is 0 Å². The predicted molar refractivity (Wildman–Crippen MR) is 39.1 cm³/mol. The van der Waals surface area contributed by atoms with Crippen molar-refractivity contribution in [2.75, 3.05) is 0 Å². The van der Waals surface area contributed by atoms with Crippen LogP contribution in [0.2, 0.25) is 0 Å². The lowest BCUT2D eigenvalue weighted by atomic mass is 10.2. The van der Waals surface area contributed by atoms with E-state index < -0.39 is 0 Å². The van der Waals surface area contributed by atoms with Gasteiger partial charge in [-0.1, -0.05) is 31.2 Å². The minimum absolute atomic E-state index is 0.681. The van der Waals surface area contributed by atoms with Crippen LogP contribution in [0.5, 0.6) is 0 Å². The van der Waals surface area contributed by atoms with Crippen molar-refractivity contribution in [1.82, 2.24) is 0 Å². The van der Waals surface area contributed by atoms with Crippen molar-refractivity contribution in [3.8, 4) is 0 Å². The van der Waals surface area contributed by atoms with E-state index in [0.717, 1.165) is 6.42 Å². The molecule has 2 aliphatic rings. The number of rotatable bonds is 0. The predicted octanol–water partition coefficient (Wildman–Crippen LogP) is 2.45. The molecule has 0 N–H and O–H groups in total. The summed E-state index contributed by atoms with van der Waals surface area (Å²) in [7, 11) is 0. The Morgan fingerprint density at radius 3 is 3.11 bits per heavy atom. The summed E-state index contributed by atoms with van der Waals surface area (Å²) >= 11 is 0. The zero-order valence-corrected chi connectivity index (χ0v) is 5.59. The standard InChI is InChI=1S/C9H10/c1-7-5-8-3-2-4-9(8)6-7/h2-3,5-7H,4H2,1H3. The van der Waals surface area contributed by atoms with Gasteiger partial charge >= 0.3 is 0 Å². The minimum atomic E-state index is 0.681. The number of allylic oxidation sites excluding steroid dienone is 6. The van der Waals surface area contributed by atoms with Gasteiger partial charge in [0.2, 0.25) is 0 Å². The van der Waals surface area contributed by atoms with Crippen molar-refractivity contribution in [2.45, 2.75) is 13.3 Å². The van der Waals surface area contributed by atoms with Crippen LogP contribution in [0.15, 0.2) is 35.5 Å². The van der Waals surface area contributed by atoms with Gasteiger partial charge in [0.05, 0.1) is 0 Å². The highest BCUT2D eigenvalue weighted by Crippen LogP contribution is 2.31. The summed E-state index contributed by atoms with van der Waals surface area (Å²) in [5.41, 5.74) is 2.99.